The van der Waals surface area contributed by atoms with Gasteiger partial charge in [-0.1, -0.05) is 11.6 Å². The number of piperazine rings is 1. The Morgan fingerprint density at radius 2 is 1.57 bits per heavy atom. The second-order valence-electron chi connectivity index (χ2n) is 4.95. The summed E-state index contributed by atoms with van der Waals surface area (Å²) in [5.74, 6) is 1.32. The number of rotatable bonds is 3. The highest BCUT2D eigenvalue weighted by Gasteiger charge is 2.18. The van der Waals surface area contributed by atoms with E-state index in [0.29, 0.717) is 5.88 Å². The first kappa shape index (κ1) is 14.4. The quantitative estimate of drug-likeness (QED) is 0.812. The molecule has 0 saturated carbocycles. The molecule has 0 aliphatic carbocycles. The average Bonchev–Trinajstić information content (AvgIpc) is 2.56. The highest BCUT2D eigenvalue weighted by atomic mass is 35.5. The zero-order valence-corrected chi connectivity index (χ0v) is 13.1. The zero-order chi connectivity index (χ0) is 14.7. The van der Waals surface area contributed by atoms with Crippen LogP contribution in [0, 0.1) is 0 Å². The molecular weight excluding hydrogens is 307 g/mol. The Bertz CT molecular complexity index is 578. The van der Waals surface area contributed by atoms with Crippen LogP contribution in [0.4, 0.5) is 11.5 Å². The van der Waals surface area contributed by atoms with Gasteiger partial charge < -0.3 is 9.80 Å². The summed E-state index contributed by atoms with van der Waals surface area (Å²) in [6.07, 6.45) is 3.55. The van der Waals surface area contributed by atoms with Crippen molar-refractivity contribution >= 4 is 34.7 Å². The molecule has 1 aromatic heterocycles. The van der Waals surface area contributed by atoms with Crippen molar-refractivity contribution in [2.75, 3.05) is 36.0 Å². The smallest absolute Gasteiger partial charge is 0.147 e. The minimum Gasteiger partial charge on any atom is -0.368 e. The fourth-order valence-electron chi connectivity index (χ4n) is 2.43. The van der Waals surface area contributed by atoms with Gasteiger partial charge in [0.05, 0.1) is 24.0 Å². The Labute approximate surface area is 134 Å². The van der Waals surface area contributed by atoms with Crippen molar-refractivity contribution in [1.82, 2.24) is 9.97 Å². The SMILES string of the molecule is ClCc1cnc(N2CCN(c3ccc(Cl)cc3)CC2)cn1. The summed E-state index contributed by atoms with van der Waals surface area (Å²) in [5, 5.41) is 0.770. The number of nitrogens with zero attached hydrogens (tertiary/aromatic N) is 4. The lowest BCUT2D eigenvalue weighted by Crippen LogP contribution is -2.46. The molecule has 21 heavy (non-hydrogen) atoms. The van der Waals surface area contributed by atoms with Gasteiger partial charge in [-0.15, -0.1) is 11.6 Å². The van der Waals surface area contributed by atoms with E-state index < -0.39 is 0 Å². The molecule has 0 unspecified atom stereocenters. The molecule has 1 aromatic carbocycles. The van der Waals surface area contributed by atoms with E-state index in [1.54, 1.807) is 12.4 Å². The fourth-order valence-corrected chi connectivity index (χ4v) is 2.69. The Balaban J connectivity index is 1.62. The van der Waals surface area contributed by atoms with Gasteiger partial charge >= 0.3 is 0 Å². The van der Waals surface area contributed by atoms with Gasteiger partial charge in [0.2, 0.25) is 0 Å². The summed E-state index contributed by atoms with van der Waals surface area (Å²) in [7, 11) is 0. The van der Waals surface area contributed by atoms with Gasteiger partial charge in [0, 0.05) is 36.9 Å². The van der Waals surface area contributed by atoms with Crippen molar-refractivity contribution in [3.05, 3.63) is 47.4 Å². The van der Waals surface area contributed by atoms with Crippen molar-refractivity contribution in [2.24, 2.45) is 0 Å². The lowest BCUT2D eigenvalue weighted by molar-refractivity contribution is 0.646. The van der Waals surface area contributed by atoms with Crippen molar-refractivity contribution < 1.29 is 0 Å². The standard InChI is InChI=1S/C15H16Cl2N4/c16-9-13-10-19-15(11-18-13)21-7-5-20(6-8-21)14-3-1-12(17)2-4-14/h1-4,10-11H,5-9H2. The van der Waals surface area contributed by atoms with E-state index in [2.05, 4.69) is 31.9 Å². The van der Waals surface area contributed by atoms with Gasteiger partial charge in [0.15, 0.2) is 0 Å². The van der Waals surface area contributed by atoms with Gasteiger partial charge in [0.25, 0.3) is 0 Å². The van der Waals surface area contributed by atoms with Crippen LogP contribution < -0.4 is 9.80 Å². The summed E-state index contributed by atoms with van der Waals surface area (Å²) >= 11 is 11.7. The van der Waals surface area contributed by atoms with Crippen LogP contribution in [0.2, 0.25) is 5.02 Å². The van der Waals surface area contributed by atoms with E-state index in [1.165, 1.54) is 5.69 Å². The van der Waals surface area contributed by atoms with Gasteiger partial charge in [-0.25, -0.2) is 4.98 Å². The van der Waals surface area contributed by atoms with Crippen molar-refractivity contribution in [2.45, 2.75) is 5.88 Å². The second-order valence-corrected chi connectivity index (χ2v) is 5.65. The third-order valence-corrected chi connectivity index (χ3v) is 4.15. The van der Waals surface area contributed by atoms with E-state index >= 15 is 0 Å². The first-order valence-electron chi connectivity index (χ1n) is 6.88. The van der Waals surface area contributed by atoms with E-state index in [9.17, 15) is 0 Å². The number of halogens is 2. The number of aromatic nitrogens is 2. The van der Waals surface area contributed by atoms with E-state index in [-0.39, 0.29) is 0 Å². The first-order chi connectivity index (χ1) is 10.3. The lowest BCUT2D eigenvalue weighted by atomic mass is 10.2. The maximum absolute atomic E-state index is 5.93. The maximum atomic E-state index is 5.93. The summed E-state index contributed by atoms with van der Waals surface area (Å²) in [6, 6.07) is 7.99. The van der Waals surface area contributed by atoms with E-state index in [1.807, 2.05) is 12.1 Å². The summed E-state index contributed by atoms with van der Waals surface area (Å²) in [4.78, 5) is 13.3. The zero-order valence-electron chi connectivity index (χ0n) is 11.5. The van der Waals surface area contributed by atoms with Gasteiger partial charge in [-0.05, 0) is 24.3 Å². The van der Waals surface area contributed by atoms with E-state index in [0.717, 1.165) is 42.7 Å². The molecule has 1 aliphatic heterocycles. The number of anilines is 2. The average molecular weight is 323 g/mol. The predicted molar refractivity (Wildman–Crippen MR) is 87.5 cm³/mol. The van der Waals surface area contributed by atoms with Crippen LogP contribution in [0.3, 0.4) is 0 Å². The number of benzene rings is 1. The first-order valence-corrected chi connectivity index (χ1v) is 7.80. The van der Waals surface area contributed by atoms with Gasteiger partial charge in [0.1, 0.15) is 5.82 Å². The largest absolute Gasteiger partial charge is 0.368 e. The predicted octanol–water partition coefficient (Wildman–Crippen LogP) is 3.20. The number of hydrogen-bond donors (Lipinski definition) is 0. The summed E-state index contributed by atoms with van der Waals surface area (Å²) in [5.41, 5.74) is 2.02. The van der Waals surface area contributed by atoms with Crippen molar-refractivity contribution in [3.8, 4) is 0 Å². The van der Waals surface area contributed by atoms with Crippen LogP contribution >= 0.6 is 23.2 Å². The third kappa shape index (κ3) is 3.39. The molecule has 0 atom stereocenters. The Morgan fingerprint density at radius 1 is 0.905 bits per heavy atom. The Hall–Kier alpha value is -1.52. The third-order valence-electron chi connectivity index (χ3n) is 3.62. The molecule has 4 nitrogen and oxygen atoms in total. The molecule has 2 heterocycles. The molecular formula is C15H16Cl2N4. The maximum Gasteiger partial charge on any atom is 0.147 e. The number of alkyl halides is 1. The molecule has 110 valence electrons. The fraction of sp³-hybridized carbons (Fsp3) is 0.333. The topological polar surface area (TPSA) is 32.3 Å². The van der Waals surface area contributed by atoms with Crippen LogP contribution in [0.25, 0.3) is 0 Å². The monoisotopic (exact) mass is 322 g/mol. The van der Waals surface area contributed by atoms with Gasteiger partial charge in [-0.3, -0.25) is 4.98 Å². The molecule has 1 aliphatic rings. The molecule has 3 rings (SSSR count). The molecule has 0 spiro atoms. The van der Waals surface area contributed by atoms with Crippen molar-refractivity contribution in [1.29, 1.82) is 0 Å². The minimum atomic E-state index is 0.400. The number of hydrogen-bond acceptors (Lipinski definition) is 4. The highest BCUT2D eigenvalue weighted by Crippen LogP contribution is 2.21. The van der Waals surface area contributed by atoms with Crippen LogP contribution in [0.15, 0.2) is 36.7 Å². The van der Waals surface area contributed by atoms with Crippen LogP contribution in [-0.4, -0.2) is 36.1 Å². The minimum absolute atomic E-state index is 0.400. The van der Waals surface area contributed by atoms with Crippen LogP contribution in [0.1, 0.15) is 5.69 Å². The normalized spacial score (nSPS) is 15.3. The van der Waals surface area contributed by atoms with Gasteiger partial charge in [-0.2, -0.15) is 0 Å². The van der Waals surface area contributed by atoms with Crippen LogP contribution in [-0.2, 0) is 5.88 Å². The molecule has 0 amide bonds. The molecule has 6 heteroatoms. The highest BCUT2D eigenvalue weighted by molar-refractivity contribution is 6.30. The molecule has 0 bridgehead atoms. The molecule has 0 N–H and O–H groups in total. The molecule has 0 radical (unpaired) electrons. The van der Waals surface area contributed by atoms with Crippen molar-refractivity contribution in [3.63, 3.8) is 0 Å². The molecule has 2 aromatic rings. The Kier molecular flexibility index (Phi) is 4.46. The Morgan fingerprint density at radius 3 is 2.14 bits per heavy atom. The summed E-state index contributed by atoms with van der Waals surface area (Å²) in [6.45, 7) is 3.77. The summed E-state index contributed by atoms with van der Waals surface area (Å²) < 4.78 is 0. The second kappa shape index (κ2) is 6.50. The lowest BCUT2D eigenvalue weighted by Gasteiger charge is -2.36. The van der Waals surface area contributed by atoms with Crippen LogP contribution in [0.5, 0.6) is 0 Å². The van der Waals surface area contributed by atoms with E-state index in [4.69, 9.17) is 23.2 Å². The molecule has 1 fully saturated rings. The molecule has 1 saturated heterocycles.